The van der Waals surface area contributed by atoms with Crippen LogP contribution in [0.4, 0.5) is 0 Å². The van der Waals surface area contributed by atoms with Gasteiger partial charge in [0.1, 0.15) is 0 Å². The van der Waals surface area contributed by atoms with E-state index in [2.05, 4.69) is 18.7 Å². The summed E-state index contributed by atoms with van der Waals surface area (Å²) in [4.78, 5) is 25.8. The lowest BCUT2D eigenvalue weighted by Crippen LogP contribution is -2.37. The smallest absolute Gasteiger partial charge is 0.308 e. The third kappa shape index (κ3) is 3.53. The molecule has 2 heterocycles. The Morgan fingerprint density at radius 1 is 1.38 bits per heavy atom. The highest BCUT2D eigenvalue weighted by Gasteiger charge is 2.21. The second-order valence-electron chi connectivity index (χ2n) is 5.64. The molecule has 0 fully saturated rings. The Labute approximate surface area is 125 Å². The molecule has 0 aromatic carbocycles. The second-order valence-corrected chi connectivity index (χ2v) is 5.64. The zero-order valence-corrected chi connectivity index (χ0v) is 12.9. The molecule has 0 saturated heterocycles. The zero-order valence-electron chi connectivity index (χ0n) is 12.9. The molecule has 116 valence electrons. The molecule has 21 heavy (non-hydrogen) atoms. The summed E-state index contributed by atoms with van der Waals surface area (Å²) in [6, 6.07) is 1.82. The van der Waals surface area contributed by atoms with E-state index in [1.165, 1.54) is 0 Å². The van der Waals surface area contributed by atoms with Crippen LogP contribution in [0.2, 0.25) is 0 Å². The van der Waals surface area contributed by atoms with E-state index in [1.807, 2.05) is 10.6 Å². The minimum absolute atomic E-state index is 0.116. The van der Waals surface area contributed by atoms with Crippen molar-refractivity contribution in [3.63, 3.8) is 0 Å². The number of hydrogen-bond acceptors (Lipinski definition) is 3. The van der Waals surface area contributed by atoms with Gasteiger partial charge in [0, 0.05) is 37.3 Å². The molecule has 1 aliphatic rings. The summed E-state index contributed by atoms with van der Waals surface area (Å²) in [5.74, 6) is -0.947. The average Bonchev–Trinajstić information content (AvgIpc) is 2.46. The lowest BCUT2D eigenvalue weighted by molar-refractivity contribution is -0.136. The minimum atomic E-state index is -0.947. The molecule has 0 amide bonds. The molecule has 0 bridgehead atoms. The normalized spacial score (nSPS) is 15.0. The fraction of sp³-hybridized carbons (Fsp3) is 0.625. The Morgan fingerprint density at radius 3 is 2.76 bits per heavy atom. The van der Waals surface area contributed by atoms with Gasteiger partial charge in [-0.3, -0.25) is 14.5 Å². The van der Waals surface area contributed by atoms with Crippen LogP contribution >= 0.6 is 0 Å². The molecule has 2 rings (SSSR count). The first-order valence-corrected chi connectivity index (χ1v) is 7.75. The van der Waals surface area contributed by atoms with Crippen LogP contribution < -0.4 is 5.56 Å². The summed E-state index contributed by atoms with van der Waals surface area (Å²) in [6.45, 7) is 7.66. The standard InChI is InChI=1S/C16H24N2O3/c1-3-5-7-18-14-6-8-17(4-2)11-13(14)9-12(16(18)21)10-15(19)20/h9H,3-8,10-11H2,1-2H3,(H,19,20). The predicted octanol–water partition coefficient (Wildman–Crippen LogP) is 1.65. The number of nitrogens with zero attached hydrogens (tertiary/aromatic N) is 2. The fourth-order valence-electron chi connectivity index (χ4n) is 2.95. The largest absolute Gasteiger partial charge is 0.481 e. The van der Waals surface area contributed by atoms with Crippen LogP contribution in [-0.2, 0) is 30.7 Å². The molecule has 1 aliphatic heterocycles. The van der Waals surface area contributed by atoms with Crippen molar-refractivity contribution in [3.8, 4) is 0 Å². The van der Waals surface area contributed by atoms with E-state index in [1.54, 1.807) is 0 Å². The van der Waals surface area contributed by atoms with Crippen molar-refractivity contribution in [1.29, 1.82) is 0 Å². The van der Waals surface area contributed by atoms with Crippen molar-refractivity contribution >= 4 is 5.97 Å². The van der Waals surface area contributed by atoms with Gasteiger partial charge in [-0.1, -0.05) is 20.3 Å². The van der Waals surface area contributed by atoms with Gasteiger partial charge in [-0.05, 0) is 24.6 Å². The number of likely N-dealkylation sites (N-methyl/N-ethyl adjacent to an activating group) is 1. The van der Waals surface area contributed by atoms with Gasteiger partial charge in [0.2, 0.25) is 0 Å². The van der Waals surface area contributed by atoms with E-state index in [0.29, 0.717) is 12.1 Å². The van der Waals surface area contributed by atoms with Crippen LogP contribution in [0.5, 0.6) is 0 Å². The highest BCUT2D eigenvalue weighted by Crippen LogP contribution is 2.19. The molecular formula is C16H24N2O3. The van der Waals surface area contributed by atoms with Gasteiger partial charge < -0.3 is 9.67 Å². The fourth-order valence-corrected chi connectivity index (χ4v) is 2.95. The molecule has 5 nitrogen and oxygen atoms in total. The summed E-state index contributed by atoms with van der Waals surface area (Å²) in [5.41, 5.74) is 2.52. The molecular weight excluding hydrogens is 268 g/mol. The molecule has 0 aliphatic carbocycles. The van der Waals surface area contributed by atoms with Crippen LogP contribution in [0.3, 0.4) is 0 Å². The first-order chi connectivity index (χ1) is 10.1. The van der Waals surface area contributed by atoms with Gasteiger partial charge in [-0.25, -0.2) is 0 Å². The summed E-state index contributed by atoms with van der Waals surface area (Å²) in [6.07, 6.45) is 2.64. The maximum absolute atomic E-state index is 12.5. The Morgan fingerprint density at radius 2 is 2.14 bits per heavy atom. The van der Waals surface area contributed by atoms with Gasteiger partial charge in [-0.15, -0.1) is 0 Å². The van der Waals surface area contributed by atoms with E-state index in [0.717, 1.165) is 50.2 Å². The van der Waals surface area contributed by atoms with Crippen LogP contribution in [0.1, 0.15) is 43.5 Å². The van der Waals surface area contributed by atoms with Crippen molar-refractivity contribution in [1.82, 2.24) is 9.47 Å². The van der Waals surface area contributed by atoms with Crippen molar-refractivity contribution in [2.24, 2.45) is 0 Å². The number of hydrogen-bond donors (Lipinski definition) is 1. The molecule has 5 heteroatoms. The third-order valence-electron chi connectivity index (χ3n) is 4.15. The number of aromatic nitrogens is 1. The van der Waals surface area contributed by atoms with Crippen molar-refractivity contribution in [3.05, 3.63) is 33.2 Å². The van der Waals surface area contributed by atoms with Gasteiger partial charge in [-0.2, -0.15) is 0 Å². The number of fused-ring (bicyclic) bond motifs is 1. The molecule has 0 spiro atoms. The maximum atomic E-state index is 12.5. The number of rotatable bonds is 6. The maximum Gasteiger partial charge on any atom is 0.308 e. The molecule has 1 N–H and O–H groups in total. The summed E-state index contributed by atoms with van der Waals surface area (Å²) < 4.78 is 1.82. The van der Waals surface area contributed by atoms with Gasteiger partial charge in [0.15, 0.2) is 0 Å². The highest BCUT2D eigenvalue weighted by atomic mass is 16.4. The topological polar surface area (TPSA) is 62.5 Å². The number of carboxylic acids is 1. The Balaban J connectivity index is 2.46. The second kappa shape index (κ2) is 6.89. The van der Waals surface area contributed by atoms with Crippen LogP contribution in [0.25, 0.3) is 0 Å². The third-order valence-corrected chi connectivity index (χ3v) is 4.15. The minimum Gasteiger partial charge on any atom is -0.481 e. The van der Waals surface area contributed by atoms with E-state index in [-0.39, 0.29) is 12.0 Å². The lowest BCUT2D eigenvalue weighted by Gasteiger charge is -2.30. The number of carboxylic acid groups (broad SMARTS) is 1. The SMILES string of the molecule is CCCCn1c2c(cc(CC(=O)O)c1=O)CN(CC)CC2. The summed E-state index contributed by atoms with van der Waals surface area (Å²) >= 11 is 0. The number of carbonyl (C=O) groups is 1. The van der Waals surface area contributed by atoms with Crippen LogP contribution in [0.15, 0.2) is 10.9 Å². The first kappa shape index (κ1) is 15.8. The summed E-state index contributed by atoms with van der Waals surface area (Å²) in [7, 11) is 0. The zero-order chi connectivity index (χ0) is 15.4. The Kier molecular flexibility index (Phi) is 5.17. The summed E-state index contributed by atoms with van der Waals surface area (Å²) in [5, 5.41) is 9.00. The Hall–Kier alpha value is -1.62. The highest BCUT2D eigenvalue weighted by molar-refractivity contribution is 5.70. The van der Waals surface area contributed by atoms with Crippen LogP contribution in [0, 0.1) is 0 Å². The van der Waals surface area contributed by atoms with Crippen LogP contribution in [-0.4, -0.2) is 33.6 Å². The van der Waals surface area contributed by atoms with Gasteiger partial charge in [0.05, 0.1) is 6.42 Å². The quantitative estimate of drug-likeness (QED) is 0.866. The molecule has 0 saturated carbocycles. The molecule has 1 aromatic heterocycles. The van der Waals surface area contributed by atoms with E-state index < -0.39 is 5.97 Å². The van der Waals surface area contributed by atoms with Gasteiger partial charge >= 0.3 is 5.97 Å². The molecule has 0 unspecified atom stereocenters. The monoisotopic (exact) mass is 292 g/mol. The Bertz CT molecular complexity index is 578. The van der Waals surface area contributed by atoms with E-state index in [9.17, 15) is 9.59 Å². The number of pyridine rings is 1. The number of aliphatic carboxylic acids is 1. The lowest BCUT2D eigenvalue weighted by atomic mass is 10.0. The first-order valence-electron chi connectivity index (χ1n) is 7.75. The van der Waals surface area contributed by atoms with E-state index >= 15 is 0 Å². The average molecular weight is 292 g/mol. The van der Waals surface area contributed by atoms with Crippen molar-refractivity contribution in [2.75, 3.05) is 13.1 Å². The van der Waals surface area contributed by atoms with E-state index in [4.69, 9.17) is 5.11 Å². The predicted molar refractivity (Wildman–Crippen MR) is 81.6 cm³/mol. The van der Waals surface area contributed by atoms with Crippen molar-refractivity contribution in [2.45, 2.75) is 52.6 Å². The molecule has 1 aromatic rings. The number of unbranched alkanes of at least 4 members (excludes halogenated alkanes) is 1. The van der Waals surface area contributed by atoms with Gasteiger partial charge in [0.25, 0.3) is 5.56 Å². The molecule has 0 radical (unpaired) electrons. The molecule has 0 atom stereocenters. The van der Waals surface area contributed by atoms with Crippen molar-refractivity contribution < 1.29 is 9.90 Å².